The number of carbonyl (C=O) groups excluding carboxylic acids is 3. The molecule has 4 fully saturated rings. The number of imide groups is 1. The maximum Gasteiger partial charge on any atom is 0.260 e. The minimum atomic E-state index is -0.671. The van der Waals surface area contributed by atoms with E-state index in [-0.39, 0.29) is 18.2 Å². The molecule has 0 radical (unpaired) electrons. The van der Waals surface area contributed by atoms with E-state index >= 15 is 0 Å². The molecule has 3 amide bonds. The summed E-state index contributed by atoms with van der Waals surface area (Å²) < 4.78 is 5.60. The van der Waals surface area contributed by atoms with E-state index in [2.05, 4.69) is 79.3 Å². The van der Waals surface area contributed by atoms with Crippen LogP contribution in [0.4, 0.5) is 17.2 Å². The highest BCUT2D eigenvalue weighted by Crippen LogP contribution is 2.38. The molecule has 2 aromatic carbocycles. The van der Waals surface area contributed by atoms with E-state index in [0.29, 0.717) is 36.2 Å². The SMILES string of the molecule is COc1nc(N2CCN(CC3CCN(c4ccc(C5CCN(c6ccc(C)c7c(C#N)c[nH]c67)CC5)cc4)CC3)CC2)cc2c1C(=O)N(C1CCC(=O)NC1=O)C2. The number of H-pyrrole nitrogens is 1. The van der Waals surface area contributed by atoms with Crippen LogP contribution in [0.2, 0.25) is 0 Å². The standard InChI is InChI=1S/C44H51N9O4/c1-28-3-8-35(41-39(28)33(24-45)25-46-41)51-17-13-31(14-18-51)30-4-6-34(7-5-30)50-15-11-29(12-16-50)26-49-19-21-52(22-20-49)37-23-32-27-53(36-9-10-38(54)48-42(36)55)44(56)40(32)43(47-37)57-2/h3-8,23,25,29,31,36,46H,9-22,26-27H2,1-2H3,(H,48,54,55). The third-order valence-electron chi connectivity index (χ3n) is 13.2. The van der Waals surface area contributed by atoms with Crippen LogP contribution in [0.5, 0.6) is 5.88 Å². The van der Waals surface area contributed by atoms with E-state index in [0.717, 1.165) is 105 Å². The van der Waals surface area contributed by atoms with Gasteiger partial charge in [0.2, 0.25) is 17.7 Å². The van der Waals surface area contributed by atoms with Crippen LogP contribution in [0.15, 0.2) is 48.7 Å². The summed E-state index contributed by atoms with van der Waals surface area (Å²) in [6, 6.07) is 17.4. The van der Waals surface area contributed by atoms with Gasteiger partial charge in [0.25, 0.3) is 5.91 Å². The number of piperazine rings is 1. The summed E-state index contributed by atoms with van der Waals surface area (Å²) >= 11 is 0. The quantitative estimate of drug-likeness (QED) is 0.237. The number of methoxy groups -OCH3 is 1. The number of hydrogen-bond donors (Lipinski definition) is 2. The number of hydrogen-bond acceptors (Lipinski definition) is 10. The number of amides is 3. The molecular formula is C44H51N9O4. The Balaban J connectivity index is 0.740. The van der Waals surface area contributed by atoms with Gasteiger partial charge < -0.3 is 29.3 Å². The van der Waals surface area contributed by atoms with E-state index in [4.69, 9.17) is 9.72 Å². The van der Waals surface area contributed by atoms with Gasteiger partial charge in [-0.1, -0.05) is 18.2 Å². The second-order valence-electron chi connectivity index (χ2n) is 16.5. The first-order valence-electron chi connectivity index (χ1n) is 20.6. The van der Waals surface area contributed by atoms with Crippen molar-refractivity contribution in [1.29, 1.82) is 5.26 Å². The molecule has 0 saturated carbocycles. The van der Waals surface area contributed by atoms with Crippen molar-refractivity contribution < 1.29 is 19.1 Å². The molecular weight excluding hydrogens is 719 g/mol. The first-order chi connectivity index (χ1) is 27.8. The number of aryl methyl sites for hydroxylation is 1. The fourth-order valence-electron chi connectivity index (χ4n) is 9.92. The molecule has 7 heterocycles. The molecule has 4 aromatic rings. The van der Waals surface area contributed by atoms with Crippen LogP contribution in [-0.4, -0.2) is 110 Å². The van der Waals surface area contributed by atoms with E-state index in [9.17, 15) is 19.6 Å². The highest BCUT2D eigenvalue weighted by molar-refractivity contribution is 6.06. The zero-order valence-corrected chi connectivity index (χ0v) is 32.9. The van der Waals surface area contributed by atoms with Crippen molar-refractivity contribution in [2.75, 3.05) is 80.7 Å². The number of ether oxygens (including phenoxy) is 1. The lowest BCUT2D eigenvalue weighted by Crippen LogP contribution is -2.52. The van der Waals surface area contributed by atoms with Gasteiger partial charge in [-0.05, 0) is 91.8 Å². The van der Waals surface area contributed by atoms with Gasteiger partial charge in [0.05, 0.1) is 23.9 Å². The van der Waals surface area contributed by atoms with Crippen molar-refractivity contribution in [2.24, 2.45) is 5.92 Å². The number of carbonyl (C=O) groups is 3. The average Bonchev–Trinajstić information content (AvgIpc) is 3.83. The number of piperidine rings is 3. The maximum atomic E-state index is 13.4. The number of benzene rings is 2. The zero-order valence-electron chi connectivity index (χ0n) is 32.9. The Morgan fingerprint density at radius 1 is 0.877 bits per heavy atom. The van der Waals surface area contributed by atoms with Gasteiger partial charge >= 0.3 is 0 Å². The summed E-state index contributed by atoms with van der Waals surface area (Å²) in [6.07, 6.45) is 6.98. The number of aromatic nitrogens is 2. The first kappa shape index (κ1) is 37.0. The predicted octanol–water partition coefficient (Wildman–Crippen LogP) is 4.94. The molecule has 13 heteroatoms. The van der Waals surface area contributed by atoms with Crippen molar-refractivity contribution >= 4 is 45.8 Å². The Morgan fingerprint density at radius 3 is 2.32 bits per heavy atom. The first-order valence-corrected chi connectivity index (χ1v) is 20.6. The number of nitrogens with one attached hydrogen (secondary N) is 2. The third-order valence-corrected chi connectivity index (χ3v) is 13.2. The number of nitriles is 1. The number of fused-ring (bicyclic) bond motifs is 2. The molecule has 9 rings (SSSR count). The van der Waals surface area contributed by atoms with Crippen LogP contribution in [-0.2, 0) is 16.1 Å². The summed E-state index contributed by atoms with van der Waals surface area (Å²) in [4.78, 5) is 57.2. The molecule has 13 nitrogen and oxygen atoms in total. The second kappa shape index (κ2) is 15.4. The normalized spacial score (nSPS) is 21.3. The van der Waals surface area contributed by atoms with Crippen LogP contribution < -0.4 is 24.8 Å². The van der Waals surface area contributed by atoms with Gasteiger partial charge in [0, 0.05) is 89.1 Å². The Labute approximate surface area is 333 Å². The number of pyridine rings is 1. The molecule has 0 bridgehead atoms. The predicted molar refractivity (Wildman–Crippen MR) is 219 cm³/mol. The highest BCUT2D eigenvalue weighted by Gasteiger charge is 2.41. The van der Waals surface area contributed by atoms with Crippen LogP contribution in [0, 0.1) is 24.2 Å². The van der Waals surface area contributed by atoms with Gasteiger partial charge in [0.1, 0.15) is 23.5 Å². The van der Waals surface area contributed by atoms with Crippen LogP contribution >= 0.6 is 0 Å². The summed E-state index contributed by atoms with van der Waals surface area (Å²) in [7, 11) is 1.53. The highest BCUT2D eigenvalue weighted by atomic mass is 16.5. The van der Waals surface area contributed by atoms with Gasteiger partial charge in [-0.3, -0.25) is 24.6 Å². The van der Waals surface area contributed by atoms with Crippen molar-refractivity contribution in [3.63, 3.8) is 0 Å². The molecule has 5 aliphatic rings. The smallest absolute Gasteiger partial charge is 0.260 e. The Morgan fingerprint density at radius 2 is 1.61 bits per heavy atom. The lowest BCUT2D eigenvalue weighted by molar-refractivity contribution is -0.136. The Kier molecular flexibility index (Phi) is 9.98. The lowest BCUT2D eigenvalue weighted by Gasteiger charge is -2.40. The molecule has 5 aliphatic heterocycles. The van der Waals surface area contributed by atoms with E-state index < -0.39 is 11.9 Å². The molecule has 1 unspecified atom stereocenters. The van der Waals surface area contributed by atoms with Gasteiger partial charge in [-0.2, -0.15) is 10.2 Å². The third kappa shape index (κ3) is 7.05. The summed E-state index contributed by atoms with van der Waals surface area (Å²) in [6.45, 7) is 11.2. The fourth-order valence-corrected chi connectivity index (χ4v) is 9.92. The molecule has 0 spiro atoms. The summed E-state index contributed by atoms with van der Waals surface area (Å²) in [5.41, 5.74) is 8.12. The number of nitrogens with zero attached hydrogens (tertiary/aromatic N) is 7. The summed E-state index contributed by atoms with van der Waals surface area (Å²) in [5.74, 6) is 1.33. The average molecular weight is 770 g/mol. The Hall–Kier alpha value is -5.61. The van der Waals surface area contributed by atoms with E-state index in [1.54, 1.807) is 4.90 Å². The molecule has 2 N–H and O–H groups in total. The molecule has 1 atom stereocenters. The van der Waals surface area contributed by atoms with Crippen molar-refractivity contribution in [3.8, 4) is 11.9 Å². The topological polar surface area (TPSA) is 141 Å². The largest absolute Gasteiger partial charge is 0.480 e. The number of aromatic amines is 1. The Bertz CT molecular complexity index is 2220. The molecule has 2 aromatic heterocycles. The fraction of sp³-hybridized carbons (Fsp3) is 0.477. The van der Waals surface area contributed by atoms with E-state index in [1.807, 2.05) is 12.3 Å². The number of anilines is 3. The monoisotopic (exact) mass is 769 g/mol. The van der Waals surface area contributed by atoms with E-state index in [1.165, 1.54) is 36.9 Å². The van der Waals surface area contributed by atoms with Crippen molar-refractivity contribution in [2.45, 2.75) is 64.0 Å². The lowest BCUT2D eigenvalue weighted by atomic mass is 9.88. The summed E-state index contributed by atoms with van der Waals surface area (Å²) in [5, 5.41) is 13.0. The van der Waals surface area contributed by atoms with Crippen LogP contribution in [0.1, 0.15) is 77.1 Å². The minimum absolute atomic E-state index is 0.219. The molecule has 4 saturated heterocycles. The van der Waals surface area contributed by atoms with Crippen molar-refractivity contribution in [1.82, 2.24) is 25.1 Å². The molecule has 0 aliphatic carbocycles. The number of rotatable bonds is 8. The van der Waals surface area contributed by atoms with Gasteiger partial charge in [0.15, 0.2) is 0 Å². The molecule has 296 valence electrons. The minimum Gasteiger partial charge on any atom is -0.480 e. The van der Waals surface area contributed by atoms with Crippen LogP contribution in [0.3, 0.4) is 0 Å². The molecule has 57 heavy (non-hydrogen) atoms. The van der Waals surface area contributed by atoms with Crippen molar-refractivity contribution in [3.05, 3.63) is 76.5 Å². The second-order valence-corrected chi connectivity index (χ2v) is 16.5. The van der Waals surface area contributed by atoms with Crippen LogP contribution in [0.25, 0.3) is 10.9 Å². The zero-order chi connectivity index (χ0) is 39.2. The van der Waals surface area contributed by atoms with Gasteiger partial charge in [-0.15, -0.1) is 0 Å². The maximum absolute atomic E-state index is 13.4. The van der Waals surface area contributed by atoms with Gasteiger partial charge in [-0.25, -0.2) is 0 Å².